The van der Waals surface area contributed by atoms with E-state index in [1.165, 1.54) is 5.56 Å². The predicted octanol–water partition coefficient (Wildman–Crippen LogP) is 5.84. The van der Waals surface area contributed by atoms with Crippen molar-refractivity contribution in [3.8, 4) is 5.75 Å². The summed E-state index contributed by atoms with van der Waals surface area (Å²) < 4.78 is 25.2. The lowest BCUT2D eigenvalue weighted by Crippen LogP contribution is -2.42. The number of aromatic nitrogens is 2. The van der Waals surface area contributed by atoms with Gasteiger partial charge in [-0.1, -0.05) is 32.9 Å². The first kappa shape index (κ1) is 28.3. The Morgan fingerprint density at radius 1 is 1.03 bits per heavy atom. The van der Waals surface area contributed by atoms with Gasteiger partial charge in [0.2, 0.25) is 5.95 Å². The predicted molar refractivity (Wildman–Crippen MR) is 151 cm³/mol. The Morgan fingerprint density at radius 2 is 1.74 bits per heavy atom. The molecule has 1 aliphatic carbocycles. The maximum Gasteiger partial charge on any atom is 0.251 e. The third-order valence-electron chi connectivity index (χ3n) is 6.77. The molecule has 8 nitrogen and oxygen atoms in total. The summed E-state index contributed by atoms with van der Waals surface area (Å²) in [6.07, 6.45) is 4.51. The standard InChI is InChI=1S/C30H38FN5O3/c1-30(2,3)21-10-8-20(9-11-21)28(37)34-24-7-5-6-23(18-24)33-27-26(31)19-32-29(36-27)35-22-12-14-25(15-13-22)39-17-16-38-4/h8-15,19,23-24H,5-7,16-18H2,1-4H3,(H,34,37)(H2,32,33,35,36)/t23-,24-/m1/s1. The molecular weight excluding hydrogens is 497 g/mol. The molecule has 0 unspecified atom stereocenters. The quantitative estimate of drug-likeness (QED) is 0.281. The average Bonchev–Trinajstić information content (AvgIpc) is 2.91. The van der Waals surface area contributed by atoms with Crippen LogP contribution in [0.3, 0.4) is 0 Å². The van der Waals surface area contributed by atoms with Crippen molar-refractivity contribution >= 4 is 23.4 Å². The Labute approximate surface area is 229 Å². The lowest BCUT2D eigenvalue weighted by molar-refractivity contribution is 0.0926. The van der Waals surface area contributed by atoms with Crippen molar-refractivity contribution in [1.29, 1.82) is 0 Å². The maximum atomic E-state index is 14.6. The van der Waals surface area contributed by atoms with Crippen molar-refractivity contribution in [3.63, 3.8) is 0 Å². The third-order valence-corrected chi connectivity index (χ3v) is 6.77. The van der Waals surface area contributed by atoms with Crippen LogP contribution in [0.4, 0.5) is 21.8 Å². The highest BCUT2D eigenvalue weighted by molar-refractivity contribution is 5.94. The molecule has 2 atom stereocenters. The van der Waals surface area contributed by atoms with Gasteiger partial charge in [-0.05, 0) is 73.1 Å². The van der Waals surface area contributed by atoms with E-state index in [2.05, 4.69) is 46.7 Å². The second kappa shape index (κ2) is 12.9. The minimum atomic E-state index is -0.521. The van der Waals surface area contributed by atoms with Gasteiger partial charge in [-0.15, -0.1) is 0 Å². The summed E-state index contributed by atoms with van der Waals surface area (Å²) in [6.45, 7) is 7.42. The number of methoxy groups -OCH3 is 1. The van der Waals surface area contributed by atoms with E-state index < -0.39 is 5.82 Å². The first-order valence-corrected chi connectivity index (χ1v) is 13.4. The van der Waals surface area contributed by atoms with E-state index in [-0.39, 0.29) is 35.2 Å². The maximum absolute atomic E-state index is 14.6. The van der Waals surface area contributed by atoms with E-state index in [4.69, 9.17) is 9.47 Å². The van der Waals surface area contributed by atoms with Gasteiger partial charge in [0.1, 0.15) is 12.4 Å². The molecule has 1 saturated carbocycles. The summed E-state index contributed by atoms with van der Waals surface area (Å²) in [5.74, 6) is 0.539. The van der Waals surface area contributed by atoms with Crippen LogP contribution in [0.5, 0.6) is 5.75 Å². The second-order valence-electron chi connectivity index (χ2n) is 10.9. The highest BCUT2D eigenvalue weighted by Crippen LogP contribution is 2.26. The van der Waals surface area contributed by atoms with Crippen LogP contribution >= 0.6 is 0 Å². The van der Waals surface area contributed by atoms with Crippen LogP contribution in [-0.4, -0.2) is 48.3 Å². The van der Waals surface area contributed by atoms with Gasteiger partial charge in [0.25, 0.3) is 5.91 Å². The van der Waals surface area contributed by atoms with E-state index in [9.17, 15) is 9.18 Å². The highest BCUT2D eigenvalue weighted by Gasteiger charge is 2.25. The minimum Gasteiger partial charge on any atom is -0.491 e. The molecule has 0 radical (unpaired) electrons. The summed E-state index contributed by atoms with van der Waals surface area (Å²) in [5.41, 5.74) is 2.62. The number of nitrogens with one attached hydrogen (secondary N) is 3. The molecule has 1 heterocycles. The van der Waals surface area contributed by atoms with E-state index in [1.54, 1.807) is 7.11 Å². The Hall–Kier alpha value is -3.72. The van der Waals surface area contributed by atoms with Gasteiger partial charge in [0.05, 0.1) is 12.8 Å². The molecule has 3 N–H and O–H groups in total. The lowest BCUT2D eigenvalue weighted by atomic mass is 9.86. The van der Waals surface area contributed by atoms with Crippen LogP contribution in [0.2, 0.25) is 0 Å². The lowest BCUT2D eigenvalue weighted by Gasteiger charge is -2.30. The number of benzene rings is 2. The number of anilines is 3. The molecular formula is C30H38FN5O3. The number of halogens is 1. The summed E-state index contributed by atoms with van der Waals surface area (Å²) >= 11 is 0. The topological polar surface area (TPSA) is 97.4 Å². The summed E-state index contributed by atoms with van der Waals surface area (Å²) in [7, 11) is 1.63. The van der Waals surface area contributed by atoms with Gasteiger partial charge < -0.3 is 25.4 Å². The molecule has 208 valence electrons. The SMILES string of the molecule is COCCOc1ccc(Nc2ncc(F)c(N[C@@H]3CCC[C@@H](NC(=O)c4ccc(C(C)(C)C)cc4)C3)n2)cc1. The summed E-state index contributed by atoms with van der Waals surface area (Å²) in [4.78, 5) is 21.3. The van der Waals surface area contributed by atoms with Crippen LogP contribution in [0, 0.1) is 5.82 Å². The molecule has 0 saturated heterocycles. The zero-order valence-corrected chi connectivity index (χ0v) is 23.1. The number of nitrogens with zero attached hydrogens (tertiary/aromatic N) is 2. The fourth-order valence-corrected chi connectivity index (χ4v) is 4.57. The van der Waals surface area contributed by atoms with Crippen molar-refractivity contribution < 1.29 is 18.7 Å². The van der Waals surface area contributed by atoms with Crippen molar-refractivity contribution in [1.82, 2.24) is 15.3 Å². The Morgan fingerprint density at radius 3 is 2.44 bits per heavy atom. The van der Waals surface area contributed by atoms with Crippen LogP contribution in [0.1, 0.15) is 62.4 Å². The molecule has 2 aromatic carbocycles. The van der Waals surface area contributed by atoms with Crippen molar-refractivity contribution in [3.05, 3.63) is 71.7 Å². The molecule has 0 aliphatic heterocycles. The molecule has 0 spiro atoms. The monoisotopic (exact) mass is 535 g/mol. The van der Waals surface area contributed by atoms with Gasteiger partial charge in [-0.2, -0.15) is 4.98 Å². The number of hydrogen-bond donors (Lipinski definition) is 3. The van der Waals surface area contributed by atoms with Crippen molar-refractivity contribution in [2.24, 2.45) is 0 Å². The number of amides is 1. The molecule has 9 heteroatoms. The van der Waals surface area contributed by atoms with Gasteiger partial charge in [-0.25, -0.2) is 9.37 Å². The molecule has 1 aromatic heterocycles. The van der Waals surface area contributed by atoms with E-state index >= 15 is 0 Å². The highest BCUT2D eigenvalue weighted by atomic mass is 19.1. The second-order valence-corrected chi connectivity index (χ2v) is 10.9. The fraction of sp³-hybridized carbons (Fsp3) is 0.433. The van der Waals surface area contributed by atoms with Crippen molar-refractivity contribution in [2.75, 3.05) is 31.0 Å². The van der Waals surface area contributed by atoms with Crippen LogP contribution in [0.15, 0.2) is 54.7 Å². The third kappa shape index (κ3) is 8.13. The first-order chi connectivity index (χ1) is 18.7. The Bertz CT molecular complexity index is 1230. The number of rotatable bonds is 10. The van der Waals surface area contributed by atoms with Crippen LogP contribution < -0.4 is 20.7 Å². The number of carbonyl (C=O) groups is 1. The molecule has 1 fully saturated rings. The van der Waals surface area contributed by atoms with Crippen molar-refractivity contribution in [2.45, 2.75) is 64.0 Å². The smallest absolute Gasteiger partial charge is 0.251 e. The van der Waals surface area contributed by atoms with E-state index in [1.807, 2.05) is 48.5 Å². The molecule has 0 bridgehead atoms. The Balaban J connectivity index is 1.33. The van der Waals surface area contributed by atoms with Crippen LogP contribution in [-0.2, 0) is 10.2 Å². The number of ether oxygens (including phenoxy) is 2. The summed E-state index contributed by atoms with van der Waals surface area (Å²) in [5, 5.41) is 9.49. The zero-order chi connectivity index (χ0) is 27.8. The minimum absolute atomic E-state index is 0.00170. The zero-order valence-electron chi connectivity index (χ0n) is 23.1. The molecule has 3 aromatic rings. The normalized spacial score (nSPS) is 17.4. The molecule has 1 aliphatic rings. The molecule has 1 amide bonds. The Kier molecular flexibility index (Phi) is 9.35. The average molecular weight is 536 g/mol. The largest absolute Gasteiger partial charge is 0.491 e. The molecule has 4 rings (SSSR count). The number of hydrogen-bond acceptors (Lipinski definition) is 7. The first-order valence-electron chi connectivity index (χ1n) is 13.4. The number of carbonyl (C=O) groups excluding carboxylic acids is 1. The van der Waals surface area contributed by atoms with Gasteiger partial charge in [0.15, 0.2) is 11.6 Å². The van der Waals surface area contributed by atoms with E-state index in [0.29, 0.717) is 25.2 Å². The van der Waals surface area contributed by atoms with Gasteiger partial charge in [-0.3, -0.25) is 4.79 Å². The van der Waals surface area contributed by atoms with E-state index in [0.717, 1.165) is 36.9 Å². The molecule has 39 heavy (non-hydrogen) atoms. The van der Waals surface area contributed by atoms with Gasteiger partial charge in [0, 0.05) is 30.4 Å². The fourth-order valence-electron chi connectivity index (χ4n) is 4.57. The summed E-state index contributed by atoms with van der Waals surface area (Å²) in [6, 6.07) is 15.1. The van der Waals surface area contributed by atoms with Gasteiger partial charge >= 0.3 is 0 Å². The van der Waals surface area contributed by atoms with Crippen LogP contribution in [0.25, 0.3) is 0 Å².